The molecule has 25 heavy (non-hydrogen) atoms. The lowest BCUT2D eigenvalue weighted by Gasteiger charge is -2.53. The molecule has 0 heterocycles. The molecule has 1 aromatic rings. The SMILES string of the molecule is Oc1ccc2c(c1)C=C1C(O)(F)C(F)(F)C(F)(F)C(F)(F)C1(F)C2F. The Bertz CT molecular complexity index is 787. The van der Waals surface area contributed by atoms with E-state index in [0.29, 0.717) is 18.2 Å². The summed E-state index contributed by atoms with van der Waals surface area (Å²) in [4.78, 5) is 0. The van der Waals surface area contributed by atoms with Gasteiger partial charge in [-0.05, 0) is 29.3 Å². The topological polar surface area (TPSA) is 40.5 Å². The first-order valence-corrected chi connectivity index (χ1v) is 6.57. The molecule has 138 valence electrons. The molecule has 2 aliphatic rings. The van der Waals surface area contributed by atoms with Gasteiger partial charge in [0.25, 0.3) is 0 Å². The predicted octanol–water partition coefficient (Wildman–Crippen LogP) is 4.09. The highest BCUT2D eigenvalue weighted by atomic mass is 19.4. The van der Waals surface area contributed by atoms with E-state index in [1.165, 1.54) is 0 Å². The summed E-state index contributed by atoms with van der Waals surface area (Å²) in [5, 5.41) is 18.4. The van der Waals surface area contributed by atoms with Crippen LogP contribution in [0.1, 0.15) is 17.3 Å². The minimum Gasteiger partial charge on any atom is -0.508 e. The Morgan fingerprint density at radius 1 is 0.840 bits per heavy atom. The van der Waals surface area contributed by atoms with Crippen molar-refractivity contribution >= 4 is 6.08 Å². The number of hydrogen-bond acceptors (Lipinski definition) is 2. The molecule has 0 saturated heterocycles. The first kappa shape index (κ1) is 17.9. The molecule has 2 N–H and O–H groups in total. The summed E-state index contributed by atoms with van der Waals surface area (Å²) in [6, 6.07) is 1.82. The molecule has 3 atom stereocenters. The Morgan fingerprint density at radius 2 is 1.40 bits per heavy atom. The van der Waals surface area contributed by atoms with Gasteiger partial charge in [0, 0.05) is 5.57 Å². The van der Waals surface area contributed by atoms with E-state index in [9.17, 15) is 49.7 Å². The van der Waals surface area contributed by atoms with E-state index < -0.39 is 57.9 Å². The van der Waals surface area contributed by atoms with Crippen LogP contribution in [-0.4, -0.2) is 39.5 Å². The van der Waals surface area contributed by atoms with Crippen molar-refractivity contribution in [3.8, 4) is 5.75 Å². The van der Waals surface area contributed by atoms with Crippen molar-refractivity contribution in [3.05, 3.63) is 34.9 Å². The van der Waals surface area contributed by atoms with Gasteiger partial charge < -0.3 is 10.2 Å². The maximum Gasteiger partial charge on any atom is 0.382 e. The molecule has 2 aliphatic carbocycles. The highest BCUT2D eigenvalue weighted by Gasteiger charge is 2.93. The third-order valence-electron chi connectivity index (χ3n) is 4.40. The van der Waals surface area contributed by atoms with Crippen LogP contribution >= 0.6 is 0 Å². The Balaban J connectivity index is 2.42. The lowest BCUT2D eigenvalue weighted by molar-refractivity contribution is -0.421. The molecule has 0 spiro atoms. The van der Waals surface area contributed by atoms with Gasteiger partial charge in [0.15, 0.2) is 6.17 Å². The number of aliphatic hydroxyl groups is 1. The van der Waals surface area contributed by atoms with Crippen molar-refractivity contribution < 1.29 is 49.7 Å². The number of halogens is 9. The van der Waals surface area contributed by atoms with Crippen molar-refractivity contribution in [3.63, 3.8) is 0 Å². The lowest BCUT2D eigenvalue weighted by atomic mass is 9.64. The highest BCUT2D eigenvalue weighted by molar-refractivity contribution is 5.69. The molecule has 0 bridgehead atoms. The van der Waals surface area contributed by atoms with Crippen LogP contribution in [0, 0.1) is 0 Å². The van der Waals surface area contributed by atoms with E-state index in [-0.39, 0.29) is 6.08 Å². The minimum atomic E-state index is -6.74. The van der Waals surface area contributed by atoms with E-state index in [1.807, 2.05) is 0 Å². The molecule has 0 aliphatic heterocycles. The molecule has 0 amide bonds. The van der Waals surface area contributed by atoms with Gasteiger partial charge in [0.2, 0.25) is 5.67 Å². The van der Waals surface area contributed by atoms with Crippen molar-refractivity contribution in [1.29, 1.82) is 0 Å². The summed E-state index contributed by atoms with van der Waals surface area (Å²) in [5.41, 5.74) is -9.62. The van der Waals surface area contributed by atoms with Gasteiger partial charge >= 0.3 is 23.6 Å². The molecule has 2 nitrogen and oxygen atoms in total. The van der Waals surface area contributed by atoms with Gasteiger partial charge in [0.1, 0.15) is 5.75 Å². The molecule has 0 radical (unpaired) electrons. The summed E-state index contributed by atoms with van der Waals surface area (Å²) < 4.78 is 125. The maximum absolute atomic E-state index is 14.8. The molecule has 11 heteroatoms. The fourth-order valence-electron chi connectivity index (χ4n) is 3.00. The van der Waals surface area contributed by atoms with Gasteiger partial charge in [0.05, 0.1) is 0 Å². The van der Waals surface area contributed by atoms with E-state index >= 15 is 0 Å². The van der Waals surface area contributed by atoms with Crippen molar-refractivity contribution in [2.24, 2.45) is 0 Å². The van der Waals surface area contributed by atoms with Gasteiger partial charge in [-0.2, -0.15) is 30.7 Å². The average Bonchev–Trinajstić information content (AvgIpc) is 2.48. The van der Waals surface area contributed by atoms with Crippen LogP contribution in [0.15, 0.2) is 23.8 Å². The third kappa shape index (κ3) is 1.67. The van der Waals surface area contributed by atoms with Crippen molar-refractivity contribution in [2.45, 2.75) is 35.5 Å². The number of rotatable bonds is 0. The molecule has 1 saturated carbocycles. The van der Waals surface area contributed by atoms with Crippen LogP contribution in [0.2, 0.25) is 0 Å². The molecular weight excluding hydrogens is 371 g/mol. The molecule has 3 unspecified atom stereocenters. The molecular formula is C14H7F9O2. The predicted molar refractivity (Wildman–Crippen MR) is 64.7 cm³/mol. The van der Waals surface area contributed by atoms with E-state index in [2.05, 4.69) is 0 Å². The first-order valence-electron chi connectivity index (χ1n) is 6.57. The highest BCUT2D eigenvalue weighted by Crippen LogP contribution is 2.69. The second-order valence-corrected chi connectivity index (χ2v) is 5.79. The maximum atomic E-state index is 14.8. The largest absolute Gasteiger partial charge is 0.508 e. The number of fused-ring (bicyclic) bond motifs is 2. The lowest BCUT2D eigenvalue weighted by Crippen LogP contribution is -2.78. The quantitative estimate of drug-likeness (QED) is 0.668. The summed E-state index contributed by atoms with van der Waals surface area (Å²) in [7, 11) is 0. The van der Waals surface area contributed by atoms with Gasteiger partial charge in [-0.25, -0.2) is 8.78 Å². The van der Waals surface area contributed by atoms with Gasteiger partial charge in [-0.3, -0.25) is 0 Å². The van der Waals surface area contributed by atoms with E-state index in [0.717, 1.165) is 0 Å². The fourth-order valence-corrected chi connectivity index (χ4v) is 3.00. The zero-order valence-electron chi connectivity index (χ0n) is 11.7. The average molecular weight is 378 g/mol. The molecule has 0 aromatic heterocycles. The van der Waals surface area contributed by atoms with E-state index in [1.54, 1.807) is 0 Å². The monoisotopic (exact) mass is 378 g/mol. The molecule has 3 rings (SSSR count). The zero-order valence-corrected chi connectivity index (χ0v) is 11.7. The normalized spacial score (nSPS) is 37.7. The Kier molecular flexibility index (Phi) is 3.17. The Morgan fingerprint density at radius 3 is 1.96 bits per heavy atom. The van der Waals surface area contributed by atoms with Crippen LogP contribution in [-0.2, 0) is 0 Å². The smallest absolute Gasteiger partial charge is 0.382 e. The number of phenols is 1. The second-order valence-electron chi connectivity index (χ2n) is 5.79. The van der Waals surface area contributed by atoms with E-state index in [4.69, 9.17) is 0 Å². The minimum absolute atomic E-state index is 0.137. The summed E-state index contributed by atoms with van der Waals surface area (Å²) in [6.45, 7) is 0. The van der Waals surface area contributed by atoms with Crippen LogP contribution in [0.5, 0.6) is 5.75 Å². The van der Waals surface area contributed by atoms with Crippen molar-refractivity contribution in [2.75, 3.05) is 0 Å². The molecule has 1 fully saturated rings. The number of phenolic OH excluding ortho intramolecular Hbond substituents is 1. The van der Waals surface area contributed by atoms with Crippen LogP contribution < -0.4 is 0 Å². The van der Waals surface area contributed by atoms with Crippen LogP contribution in [0.25, 0.3) is 6.08 Å². The Labute approximate surface area is 133 Å². The summed E-state index contributed by atoms with van der Waals surface area (Å²) in [6.07, 6.45) is -3.86. The van der Waals surface area contributed by atoms with Gasteiger partial charge in [-0.15, -0.1) is 0 Å². The third-order valence-corrected chi connectivity index (χ3v) is 4.40. The summed E-state index contributed by atoms with van der Waals surface area (Å²) in [5.74, 6) is -25.9. The number of alkyl halides is 9. The van der Waals surface area contributed by atoms with Crippen LogP contribution in [0.4, 0.5) is 39.5 Å². The van der Waals surface area contributed by atoms with Crippen LogP contribution in [0.3, 0.4) is 0 Å². The molecule has 1 aromatic carbocycles. The first-order chi connectivity index (χ1) is 11.1. The van der Waals surface area contributed by atoms with Gasteiger partial charge in [-0.1, -0.05) is 6.07 Å². The standard InChI is InChI=1S/C14H7F9O2/c15-9-7-2-1-6(24)3-5(7)4-8-10(9,16)12(18,19)14(22,23)13(20,21)11(8,17)25/h1-4,9,24-25H. The zero-order chi connectivity index (χ0) is 19.2. The van der Waals surface area contributed by atoms with Crippen molar-refractivity contribution in [1.82, 2.24) is 0 Å². The summed E-state index contributed by atoms with van der Waals surface area (Å²) >= 11 is 0. The Hall–Kier alpha value is -1.91. The number of aromatic hydroxyl groups is 1. The fraction of sp³-hybridized carbons (Fsp3) is 0.429. The second kappa shape index (κ2) is 4.43. The number of hydrogen-bond donors (Lipinski definition) is 2. The number of benzene rings is 1.